The van der Waals surface area contributed by atoms with Crippen molar-refractivity contribution in [1.29, 1.82) is 0 Å². The molecule has 1 amide bonds. The number of hydrogen-bond donors (Lipinski definition) is 0. The quantitative estimate of drug-likeness (QED) is 0.400. The molecule has 1 unspecified atom stereocenters. The third-order valence-electron chi connectivity index (χ3n) is 5.74. The summed E-state index contributed by atoms with van der Waals surface area (Å²) in [6, 6.07) is 8.88. The maximum absolute atomic E-state index is 13.0. The minimum Gasteiger partial charge on any atom is -0.468 e. The Balaban J connectivity index is 1.64. The molecule has 1 atom stereocenters. The summed E-state index contributed by atoms with van der Waals surface area (Å²) in [5, 5.41) is 0.518. The monoisotopic (exact) mass is 571 g/mol. The van der Waals surface area contributed by atoms with E-state index in [0.717, 1.165) is 24.2 Å². The number of ether oxygens (including phenoxy) is 2. The number of hydrogen-bond acceptors (Lipinski definition) is 7. The number of amides is 1. The molecule has 9 nitrogen and oxygen atoms in total. The average molecular weight is 572 g/mol. The molecule has 0 spiro atoms. The van der Waals surface area contributed by atoms with E-state index in [-0.39, 0.29) is 39.5 Å². The highest BCUT2D eigenvalue weighted by molar-refractivity contribution is 7.89. The van der Waals surface area contributed by atoms with Crippen LogP contribution in [0.25, 0.3) is 10.2 Å². The molecule has 0 N–H and O–H groups in total. The van der Waals surface area contributed by atoms with Gasteiger partial charge in [0.05, 0.1) is 38.4 Å². The van der Waals surface area contributed by atoms with E-state index in [1.807, 2.05) is 0 Å². The molecule has 1 aromatic heterocycles. The standard InChI is InChI=1S/C23H23Cl2N3O6S2/c1-27(12-15-4-3-11-34-15)36(31,32)16-7-5-14(6-8-16)22(30)26-23-28(13-19(29)33-2)21-18(35-23)10-9-17(24)20(21)25/h5-10,15H,3-4,11-13H2,1-2H3. The Morgan fingerprint density at radius 2 is 1.94 bits per heavy atom. The molecular weight excluding hydrogens is 549 g/mol. The molecule has 3 aromatic rings. The first-order valence-corrected chi connectivity index (χ1v) is 13.9. The van der Waals surface area contributed by atoms with Gasteiger partial charge in [-0.15, -0.1) is 0 Å². The van der Waals surface area contributed by atoms with Crippen molar-refractivity contribution in [2.24, 2.45) is 4.99 Å². The number of likely N-dealkylation sites (N-methyl/N-ethyl adjacent to an activating group) is 1. The molecule has 4 rings (SSSR count). The number of carbonyl (C=O) groups is 2. The topological polar surface area (TPSA) is 107 Å². The van der Waals surface area contributed by atoms with E-state index in [0.29, 0.717) is 21.8 Å². The molecule has 0 bridgehead atoms. The van der Waals surface area contributed by atoms with Gasteiger partial charge in [0.2, 0.25) is 10.0 Å². The zero-order chi connectivity index (χ0) is 26.0. The number of methoxy groups -OCH3 is 1. The third kappa shape index (κ3) is 5.51. The number of benzene rings is 2. The zero-order valence-electron chi connectivity index (χ0n) is 19.4. The lowest BCUT2D eigenvalue weighted by molar-refractivity contribution is -0.141. The Labute approximate surface area is 221 Å². The summed E-state index contributed by atoms with van der Waals surface area (Å²) >= 11 is 13.7. The molecule has 0 saturated carbocycles. The minimum atomic E-state index is -3.75. The molecular formula is C23H23Cl2N3O6S2. The normalized spacial score (nSPS) is 16.7. The van der Waals surface area contributed by atoms with E-state index in [9.17, 15) is 18.0 Å². The van der Waals surface area contributed by atoms with Crippen molar-refractivity contribution in [3.05, 3.63) is 56.8 Å². The van der Waals surface area contributed by atoms with Crippen molar-refractivity contribution in [3.63, 3.8) is 0 Å². The lowest BCUT2D eigenvalue weighted by Crippen LogP contribution is -2.34. The van der Waals surface area contributed by atoms with Gasteiger partial charge in [-0.25, -0.2) is 8.42 Å². The highest BCUT2D eigenvalue weighted by Crippen LogP contribution is 2.32. The average Bonchev–Trinajstić information content (AvgIpc) is 3.49. The highest BCUT2D eigenvalue weighted by Gasteiger charge is 2.26. The zero-order valence-corrected chi connectivity index (χ0v) is 22.6. The van der Waals surface area contributed by atoms with Crippen LogP contribution in [0.2, 0.25) is 10.0 Å². The van der Waals surface area contributed by atoms with Crippen LogP contribution in [-0.4, -0.2) is 62.6 Å². The van der Waals surface area contributed by atoms with Gasteiger partial charge in [0.25, 0.3) is 5.91 Å². The minimum absolute atomic E-state index is 0.0589. The fraction of sp³-hybridized carbons (Fsp3) is 0.348. The second-order valence-corrected chi connectivity index (χ2v) is 12.0. The Morgan fingerprint density at radius 1 is 1.22 bits per heavy atom. The van der Waals surface area contributed by atoms with Crippen LogP contribution in [0.5, 0.6) is 0 Å². The number of thiazole rings is 1. The Hall–Kier alpha value is -2.28. The van der Waals surface area contributed by atoms with Crippen LogP contribution in [0.15, 0.2) is 46.3 Å². The molecule has 1 aliphatic rings. The number of nitrogens with zero attached hydrogens (tertiary/aromatic N) is 3. The van der Waals surface area contributed by atoms with Gasteiger partial charge < -0.3 is 14.0 Å². The summed E-state index contributed by atoms with van der Waals surface area (Å²) in [5.41, 5.74) is 0.642. The number of fused-ring (bicyclic) bond motifs is 1. The fourth-order valence-electron chi connectivity index (χ4n) is 3.80. The van der Waals surface area contributed by atoms with Gasteiger partial charge in [0.1, 0.15) is 6.54 Å². The lowest BCUT2D eigenvalue weighted by atomic mass is 10.2. The van der Waals surface area contributed by atoms with Gasteiger partial charge in [-0.3, -0.25) is 9.59 Å². The van der Waals surface area contributed by atoms with Gasteiger partial charge in [0.15, 0.2) is 4.80 Å². The third-order valence-corrected chi connectivity index (χ3v) is 9.42. The summed E-state index contributed by atoms with van der Waals surface area (Å²) in [6.45, 7) is 0.672. The number of rotatable bonds is 7. The molecule has 192 valence electrons. The van der Waals surface area contributed by atoms with E-state index in [4.69, 9.17) is 32.7 Å². The molecule has 0 radical (unpaired) electrons. The van der Waals surface area contributed by atoms with Gasteiger partial charge in [-0.1, -0.05) is 34.5 Å². The molecule has 1 aliphatic heterocycles. The van der Waals surface area contributed by atoms with Crippen LogP contribution < -0.4 is 4.80 Å². The van der Waals surface area contributed by atoms with Crippen molar-refractivity contribution in [1.82, 2.24) is 8.87 Å². The molecule has 1 saturated heterocycles. The molecule has 36 heavy (non-hydrogen) atoms. The predicted octanol–water partition coefficient (Wildman–Crippen LogP) is 3.72. The molecule has 1 fully saturated rings. The van der Waals surface area contributed by atoms with E-state index in [1.165, 1.54) is 47.3 Å². The Morgan fingerprint density at radius 3 is 2.58 bits per heavy atom. The van der Waals surface area contributed by atoms with Crippen molar-refractivity contribution < 1.29 is 27.5 Å². The summed E-state index contributed by atoms with van der Waals surface area (Å²) in [7, 11) is -0.990. The van der Waals surface area contributed by atoms with Gasteiger partial charge in [-0.2, -0.15) is 9.30 Å². The van der Waals surface area contributed by atoms with Crippen molar-refractivity contribution in [2.75, 3.05) is 27.3 Å². The smallest absolute Gasteiger partial charge is 0.325 e. The second kappa shape index (κ2) is 11.0. The van der Waals surface area contributed by atoms with E-state index >= 15 is 0 Å². The maximum Gasteiger partial charge on any atom is 0.325 e. The maximum atomic E-state index is 13.0. The van der Waals surface area contributed by atoms with Crippen LogP contribution in [-0.2, 0) is 30.8 Å². The second-order valence-electron chi connectivity index (χ2n) is 8.12. The highest BCUT2D eigenvalue weighted by atomic mass is 35.5. The molecule has 0 aliphatic carbocycles. The molecule has 13 heteroatoms. The van der Waals surface area contributed by atoms with Crippen molar-refractivity contribution in [3.8, 4) is 0 Å². The van der Waals surface area contributed by atoms with E-state index in [2.05, 4.69) is 4.99 Å². The van der Waals surface area contributed by atoms with E-state index in [1.54, 1.807) is 12.1 Å². The number of aromatic nitrogens is 1. The van der Waals surface area contributed by atoms with Gasteiger partial charge >= 0.3 is 5.97 Å². The molecule has 2 aromatic carbocycles. The summed E-state index contributed by atoms with van der Waals surface area (Å²) in [5.74, 6) is -1.17. The first kappa shape index (κ1) is 26.8. The van der Waals surface area contributed by atoms with Crippen LogP contribution in [0, 0.1) is 0 Å². The van der Waals surface area contributed by atoms with E-state index < -0.39 is 21.9 Å². The summed E-state index contributed by atoms with van der Waals surface area (Å²) in [6.07, 6.45) is 1.61. The van der Waals surface area contributed by atoms with Crippen molar-refractivity contribution >= 4 is 66.7 Å². The molecule has 2 heterocycles. The summed E-state index contributed by atoms with van der Waals surface area (Å²) < 4.78 is 39.5. The number of carbonyl (C=O) groups excluding carboxylic acids is 2. The Bertz CT molecular complexity index is 1480. The van der Waals surface area contributed by atoms with Crippen LogP contribution in [0.4, 0.5) is 0 Å². The number of halogens is 2. The van der Waals surface area contributed by atoms with Crippen molar-refractivity contribution in [2.45, 2.75) is 30.4 Å². The van der Waals surface area contributed by atoms with Crippen LogP contribution in [0.1, 0.15) is 23.2 Å². The Kier molecular flexibility index (Phi) is 8.18. The SMILES string of the molecule is COC(=O)Cn1c(=NC(=O)c2ccc(S(=O)(=O)N(C)CC3CCCO3)cc2)sc2ccc(Cl)c(Cl)c21. The van der Waals surface area contributed by atoms with Gasteiger partial charge in [0, 0.05) is 25.8 Å². The number of sulfonamides is 1. The number of esters is 1. The first-order valence-electron chi connectivity index (χ1n) is 10.9. The largest absolute Gasteiger partial charge is 0.468 e. The first-order chi connectivity index (χ1) is 17.1. The fourth-order valence-corrected chi connectivity index (χ4v) is 6.52. The summed E-state index contributed by atoms with van der Waals surface area (Å²) in [4.78, 5) is 29.4. The van der Waals surface area contributed by atoms with Gasteiger partial charge in [-0.05, 0) is 49.2 Å². The van der Waals surface area contributed by atoms with Crippen LogP contribution in [0.3, 0.4) is 0 Å². The van der Waals surface area contributed by atoms with Crippen LogP contribution >= 0.6 is 34.5 Å². The predicted molar refractivity (Wildman–Crippen MR) is 137 cm³/mol. The lowest BCUT2D eigenvalue weighted by Gasteiger charge is -2.20.